The van der Waals surface area contributed by atoms with E-state index in [0.717, 1.165) is 0 Å². The summed E-state index contributed by atoms with van der Waals surface area (Å²) < 4.78 is 16.1. The van der Waals surface area contributed by atoms with E-state index in [9.17, 15) is 9.59 Å². The summed E-state index contributed by atoms with van der Waals surface area (Å²) >= 11 is 12.1. The molecule has 0 bridgehead atoms. The summed E-state index contributed by atoms with van der Waals surface area (Å²) in [5.74, 6) is -0.360. The van der Waals surface area contributed by atoms with Crippen LogP contribution in [0.1, 0.15) is 53.4 Å². The topological polar surface area (TPSA) is 93.9 Å². The molecule has 2 aromatic rings. The molecule has 0 aliphatic carbocycles. The Balaban J connectivity index is 2.04. The van der Waals surface area contributed by atoms with E-state index in [-0.39, 0.29) is 29.9 Å². The van der Waals surface area contributed by atoms with Gasteiger partial charge >= 0.3 is 0 Å². The Morgan fingerprint density at radius 3 is 2.38 bits per heavy atom. The monoisotopic (exact) mass is 485 g/mol. The average Bonchev–Trinajstić information content (AvgIpc) is 3.23. The molecule has 10 heteroatoms. The fourth-order valence-corrected chi connectivity index (χ4v) is 3.40. The maximum atomic E-state index is 13.1. The first kappa shape index (κ1) is 26.1. The van der Waals surface area contributed by atoms with E-state index in [0.29, 0.717) is 68.0 Å². The van der Waals surface area contributed by atoms with Crippen molar-refractivity contribution in [2.24, 2.45) is 0 Å². The molecule has 1 aromatic heterocycles. The van der Waals surface area contributed by atoms with Crippen LogP contribution in [0, 0.1) is 0 Å². The van der Waals surface area contributed by atoms with Crippen molar-refractivity contribution in [3.8, 4) is 0 Å². The number of carbonyl (C=O) groups is 2. The molecule has 1 N–H and O–H groups in total. The van der Waals surface area contributed by atoms with Gasteiger partial charge in [-0.2, -0.15) is 0 Å². The Labute approximate surface area is 198 Å². The number of amides is 2. The zero-order valence-electron chi connectivity index (χ0n) is 18.4. The lowest BCUT2D eigenvalue weighted by Crippen LogP contribution is -2.32. The second kappa shape index (κ2) is 14.1. The SMILES string of the molecule is CCOCCCNC(=O)c1coc(CN(CCCOCC)C(=O)c2cc(Cl)cc(Cl)c2)n1. The number of ether oxygens (including phenoxy) is 2. The third kappa shape index (κ3) is 8.78. The van der Waals surface area contributed by atoms with Gasteiger partial charge in [0.2, 0.25) is 5.89 Å². The number of benzene rings is 1. The van der Waals surface area contributed by atoms with Gasteiger partial charge in [-0.25, -0.2) is 4.98 Å². The van der Waals surface area contributed by atoms with Gasteiger partial charge in [0.15, 0.2) is 5.69 Å². The molecule has 0 spiro atoms. The van der Waals surface area contributed by atoms with Crippen molar-refractivity contribution in [3.05, 3.63) is 51.7 Å². The van der Waals surface area contributed by atoms with Gasteiger partial charge in [0, 0.05) is 55.1 Å². The van der Waals surface area contributed by atoms with Gasteiger partial charge < -0.3 is 24.1 Å². The van der Waals surface area contributed by atoms with Gasteiger partial charge in [0.25, 0.3) is 11.8 Å². The first-order valence-corrected chi connectivity index (χ1v) is 11.3. The molecule has 8 nitrogen and oxygen atoms in total. The first-order valence-electron chi connectivity index (χ1n) is 10.6. The number of oxazole rings is 1. The van der Waals surface area contributed by atoms with Crippen molar-refractivity contribution in [2.45, 2.75) is 33.2 Å². The molecule has 0 unspecified atom stereocenters. The lowest BCUT2D eigenvalue weighted by molar-refractivity contribution is 0.0695. The number of hydrogen-bond acceptors (Lipinski definition) is 6. The first-order chi connectivity index (χ1) is 15.4. The summed E-state index contributed by atoms with van der Waals surface area (Å²) in [6.45, 7) is 7.12. The minimum Gasteiger partial charge on any atom is -0.446 e. The second-order valence-electron chi connectivity index (χ2n) is 6.87. The number of aromatic nitrogens is 1. The van der Waals surface area contributed by atoms with E-state index in [2.05, 4.69) is 10.3 Å². The molecule has 1 aromatic carbocycles. The average molecular weight is 486 g/mol. The van der Waals surface area contributed by atoms with Crippen LogP contribution in [0.5, 0.6) is 0 Å². The smallest absolute Gasteiger partial charge is 0.273 e. The Kier molecular flexibility index (Phi) is 11.5. The van der Waals surface area contributed by atoms with Crippen molar-refractivity contribution in [1.29, 1.82) is 0 Å². The Morgan fingerprint density at radius 2 is 1.72 bits per heavy atom. The number of carbonyl (C=O) groups excluding carboxylic acids is 2. The Bertz CT molecular complexity index is 855. The molecular weight excluding hydrogens is 457 g/mol. The van der Waals surface area contributed by atoms with Gasteiger partial charge in [0.1, 0.15) is 6.26 Å². The highest BCUT2D eigenvalue weighted by Crippen LogP contribution is 2.21. The molecule has 0 radical (unpaired) electrons. The van der Waals surface area contributed by atoms with Crippen LogP contribution in [0.15, 0.2) is 28.9 Å². The van der Waals surface area contributed by atoms with E-state index in [4.69, 9.17) is 37.1 Å². The van der Waals surface area contributed by atoms with E-state index in [1.165, 1.54) is 6.26 Å². The van der Waals surface area contributed by atoms with Crippen LogP contribution in [0.25, 0.3) is 0 Å². The molecule has 0 aliphatic rings. The highest BCUT2D eigenvalue weighted by molar-refractivity contribution is 6.35. The van der Waals surface area contributed by atoms with Crippen LogP contribution in [-0.4, -0.2) is 61.2 Å². The normalized spacial score (nSPS) is 10.9. The third-order valence-corrected chi connectivity index (χ3v) is 4.82. The Hall–Kier alpha value is -2.13. The molecule has 1 heterocycles. The fourth-order valence-electron chi connectivity index (χ4n) is 2.88. The van der Waals surface area contributed by atoms with Crippen LogP contribution in [0.3, 0.4) is 0 Å². The number of nitrogens with zero attached hydrogens (tertiary/aromatic N) is 2. The minimum absolute atomic E-state index is 0.0900. The molecule has 32 heavy (non-hydrogen) atoms. The van der Waals surface area contributed by atoms with Crippen molar-refractivity contribution >= 4 is 35.0 Å². The summed E-state index contributed by atoms with van der Waals surface area (Å²) in [6.07, 6.45) is 2.61. The molecule has 0 atom stereocenters. The molecule has 2 amide bonds. The van der Waals surface area contributed by atoms with Crippen molar-refractivity contribution in [2.75, 3.05) is 39.5 Å². The minimum atomic E-state index is -0.340. The largest absolute Gasteiger partial charge is 0.446 e. The highest BCUT2D eigenvalue weighted by atomic mass is 35.5. The number of halogens is 2. The number of rotatable bonds is 14. The van der Waals surface area contributed by atoms with Crippen LogP contribution < -0.4 is 5.32 Å². The molecule has 0 saturated carbocycles. The van der Waals surface area contributed by atoms with E-state index in [1.807, 2.05) is 13.8 Å². The van der Waals surface area contributed by atoms with Crippen LogP contribution in [0.4, 0.5) is 0 Å². The standard InChI is InChI=1S/C22H29Cl2N3O5/c1-3-30-9-5-7-25-21(28)19-15-32-20(26-19)14-27(8-6-10-31-4-2)22(29)16-11-17(23)13-18(24)12-16/h11-13,15H,3-10,14H2,1-2H3,(H,25,28). The predicted molar refractivity (Wildman–Crippen MR) is 122 cm³/mol. The zero-order valence-corrected chi connectivity index (χ0v) is 19.9. The van der Waals surface area contributed by atoms with E-state index < -0.39 is 0 Å². The predicted octanol–water partition coefficient (Wildman–Crippen LogP) is 4.21. The van der Waals surface area contributed by atoms with Crippen LogP contribution in [0.2, 0.25) is 10.0 Å². The molecule has 0 saturated heterocycles. The van der Waals surface area contributed by atoms with E-state index in [1.54, 1.807) is 23.1 Å². The molecular formula is C22H29Cl2N3O5. The maximum absolute atomic E-state index is 13.1. The molecule has 0 aliphatic heterocycles. The summed E-state index contributed by atoms with van der Waals surface area (Å²) in [4.78, 5) is 31.1. The Morgan fingerprint density at radius 1 is 1.06 bits per heavy atom. The van der Waals surface area contributed by atoms with Crippen LogP contribution in [-0.2, 0) is 16.0 Å². The lowest BCUT2D eigenvalue weighted by Gasteiger charge is -2.21. The molecule has 2 rings (SSSR count). The molecule has 176 valence electrons. The second-order valence-corrected chi connectivity index (χ2v) is 7.74. The van der Waals surface area contributed by atoms with Gasteiger partial charge in [-0.05, 0) is 44.9 Å². The number of nitrogens with one attached hydrogen (secondary N) is 1. The fraction of sp³-hybridized carbons (Fsp3) is 0.500. The van der Waals surface area contributed by atoms with E-state index >= 15 is 0 Å². The lowest BCUT2D eigenvalue weighted by atomic mass is 10.2. The zero-order chi connectivity index (χ0) is 23.3. The molecule has 0 fully saturated rings. The van der Waals surface area contributed by atoms with Gasteiger partial charge in [-0.3, -0.25) is 9.59 Å². The third-order valence-electron chi connectivity index (χ3n) is 4.38. The quantitative estimate of drug-likeness (QED) is 0.402. The van der Waals surface area contributed by atoms with Gasteiger partial charge in [-0.1, -0.05) is 23.2 Å². The number of hydrogen-bond donors (Lipinski definition) is 1. The van der Waals surface area contributed by atoms with Crippen molar-refractivity contribution < 1.29 is 23.5 Å². The van der Waals surface area contributed by atoms with Crippen LogP contribution >= 0.6 is 23.2 Å². The van der Waals surface area contributed by atoms with Crippen molar-refractivity contribution in [3.63, 3.8) is 0 Å². The van der Waals surface area contributed by atoms with Crippen molar-refractivity contribution in [1.82, 2.24) is 15.2 Å². The highest BCUT2D eigenvalue weighted by Gasteiger charge is 2.20. The van der Waals surface area contributed by atoms with Gasteiger partial charge in [0.05, 0.1) is 6.54 Å². The summed E-state index contributed by atoms with van der Waals surface area (Å²) in [6, 6.07) is 4.68. The maximum Gasteiger partial charge on any atom is 0.273 e. The summed E-state index contributed by atoms with van der Waals surface area (Å²) in [5, 5.41) is 3.51. The summed E-state index contributed by atoms with van der Waals surface area (Å²) in [7, 11) is 0. The van der Waals surface area contributed by atoms with Gasteiger partial charge in [-0.15, -0.1) is 0 Å². The summed E-state index contributed by atoms with van der Waals surface area (Å²) in [5.41, 5.74) is 0.515.